The van der Waals surface area contributed by atoms with Crippen molar-refractivity contribution in [1.82, 2.24) is 25.0 Å². The zero-order valence-electron chi connectivity index (χ0n) is 15.7. The summed E-state index contributed by atoms with van der Waals surface area (Å²) in [6.07, 6.45) is 3.53. The number of nitrogens with two attached hydrogens (primary N) is 1. The molecule has 0 unspecified atom stereocenters. The van der Waals surface area contributed by atoms with E-state index in [2.05, 4.69) is 31.7 Å². The molecule has 3 N–H and O–H groups in total. The van der Waals surface area contributed by atoms with E-state index < -0.39 is 0 Å². The number of hydrogen-bond donors (Lipinski definition) is 2. The lowest BCUT2D eigenvalue weighted by molar-refractivity contribution is 0.798. The molecule has 0 aliphatic rings. The second-order valence-electron chi connectivity index (χ2n) is 6.51. The first-order valence-electron chi connectivity index (χ1n) is 8.97. The summed E-state index contributed by atoms with van der Waals surface area (Å²) in [5.74, 6) is 0.491. The lowest BCUT2D eigenvalue weighted by Gasteiger charge is -2.08. The maximum Gasteiger partial charge on any atom is 0.223 e. The van der Waals surface area contributed by atoms with Crippen molar-refractivity contribution in [3.63, 3.8) is 0 Å². The summed E-state index contributed by atoms with van der Waals surface area (Å²) < 4.78 is 1.67. The lowest BCUT2D eigenvalue weighted by Crippen LogP contribution is -2.04. The minimum Gasteiger partial charge on any atom is -0.399 e. The molecule has 0 saturated heterocycles. The Morgan fingerprint density at radius 3 is 2.86 bits per heavy atom. The Morgan fingerprint density at radius 2 is 2.07 bits per heavy atom. The molecule has 0 aliphatic carbocycles. The summed E-state index contributed by atoms with van der Waals surface area (Å²) in [5.41, 5.74) is 11.4. The third kappa shape index (κ3) is 4.04. The van der Waals surface area contributed by atoms with Gasteiger partial charge in [-0.15, -0.1) is 5.10 Å². The molecule has 0 atom stereocenters. The van der Waals surface area contributed by atoms with Crippen LogP contribution in [-0.4, -0.2) is 25.0 Å². The number of hydrogen-bond acceptors (Lipinski definition) is 7. The van der Waals surface area contributed by atoms with Crippen molar-refractivity contribution in [3.8, 4) is 23.0 Å². The fourth-order valence-corrected chi connectivity index (χ4v) is 2.96. The third-order valence-electron chi connectivity index (χ3n) is 4.39. The van der Waals surface area contributed by atoms with E-state index in [1.807, 2.05) is 55.6 Å². The van der Waals surface area contributed by atoms with E-state index in [4.69, 9.17) is 11.0 Å². The molecule has 0 fully saturated rings. The van der Waals surface area contributed by atoms with Crippen LogP contribution in [0.4, 0.5) is 11.6 Å². The van der Waals surface area contributed by atoms with Crippen molar-refractivity contribution in [3.05, 3.63) is 77.7 Å². The fourth-order valence-electron chi connectivity index (χ4n) is 2.96. The first kappa shape index (κ1) is 18.1. The molecule has 4 aromatic rings. The van der Waals surface area contributed by atoms with Gasteiger partial charge in [0.2, 0.25) is 5.95 Å². The van der Waals surface area contributed by atoms with E-state index in [1.165, 1.54) is 0 Å². The van der Waals surface area contributed by atoms with E-state index in [0.717, 1.165) is 28.2 Å². The molecule has 0 bridgehead atoms. The van der Waals surface area contributed by atoms with E-state index in [1.54, 1.807) is 16.9 Å². The minimum atomic E-state index is 0.429. The first-order valence-corrected chi connectivity index (χ1v) is 8.97. The van der Waals surface area contributed by atoms with E-state index >= 15 is 0 Å². The van der Waals surface area contributed by atoms with Crippen LogP contribution >= 0.6 is 0 Å². The highest BCUT2D eigenvalue weighted by molar-refractivity contribution is 5.65. The van der Waals surface area contributed by atoms with Gasteiger partial charge in [0.25, 0.3) is 0 Å². The molecular weight excluding hydrogens is 364 g/mol. The fraction of sp³-hybridized carbons (Fsp3) is 0.0952. The molecule has 0 spiro atoms. The lowest BCUT2D eigenvalue weighted by atomic mass is 10.0. The quantitative estimate of drug-likeness (QED) is 0.509. The molecule has 2 aromatic heterocycles. The second-order valence-corrected chi connectivity index (χ2v) is 6.51. The van der Waals surface area contributed by atoms with Crippen LogP contribution in [0.5, 0.6) is 0 Å². The van der Waals surface area contributed by atoms with Crippen LogP contribution in [0.2, 0.25) is 0 Å². The number of rotatable bonds is 5. The van der Waals surface area contributed by atoms with Gasteiger partial charge in [0, 0.05) is 17.4 Å². The Balaban J connectivity index is 1.49. The predicted molar refractivity (Wildman–Crippen MR) is 110 cm³/mol. The van der Waals surface area contributed by atoms with Gasteiger partial charge in [-0.3, -0.25) is 0 Å². The predicted octanol–water partition coefficient (Wildman–Crippen LogP) is 3.10. The van der Waals surface area contributed by atoms with E-state index in [-0.39, 0.29) is 0 Å². The number of nitrogens with zero attached hydrogens (tertiary/aromatic N) is 6. The van der Waals surface area contributed by atoms with Crippen LogP contribution in [-0.2, 0) is 6.54 Å². The van der Waals surface area contributed by atoms with Crippen LogP contribution in [0.25, 0.3) is 16.9 Å². The van der Waals surface area contributed by atoms with E-state index in [9.17, 15) is 0 Å². The number of aromatic nitrogens is 5. The molecule has 29 heavy (non-hydrogen) atoms. The molecule has 0 amide bonds. The zero-order chi connectivity index (χ0) is 20.2. The Morgan fingerprint density at radius 1 is 1.17 bits per heavy atom. The van der Waals surface area contributed by atoms with Crippen molar-refractivity contribution in [2.45, 2.75) is 13.5 Å². The van der Waals surface area contributed by atoms with Crippen LogP contribution in [0.15, 0.2) is 60.9 Å². The molecule has 0 saturated carbocycles. The summed E-state index contributed by atoms with van der Waals surface area (Å²) >= 11 is 0. The van der Waals surface area contributed by atoms with Crippen molar-refractivity contribution in [1.29, 1.82) is 5.26 Å². The molecule has 8 heteroatoms. The van der Waals surface area contributed by atoms with Gasteiger partial charge in [-0.25, -0.2) is 14.6 Å². The Labute approximate surface area is 167 Å². The standard InChI is InChI=1S/C21H18N8/c1-14-9-15(11-22)5-6-19(14)20-7-8-24-21(26-20)25-12-17-13-29(28-27-17)18-4-2-3-16(23)10-18/h2-10,13H,12,23H2,1H3,(H,24,25,26). The monoisotopic (exact) mass is 382 g/mol. The highest BCUT2D eigenvalue weighted by atomic mass is 15.4. The highest BCUT2D eigenvalue weighted by Crippen LogP contribution is 2.23. The van der Waals surface area contributed by atoms with Crippen LogP contribution in [0.3, 0.4) is 0 Å². The maximum absolute atomic E-state index is 9.03. The molecular formula is C21H18N8. The number of aryl methyl sites for hydroxylation is 1. The summed E-state index contributed by atoms with van der Waals surface area (Å²) in [7, 11) is 0. The van der Waals surface area contributed by atoms with Crippen molar-refractivity contribution in [2.24, 2.45) is 0 Å². The minimum absolute atomic E-state index is 0.429. The number of nitrogens with one attached hydrogen (secondary N) is 1. The highest BCUT2D eigenvalue weighted by Gasteiger charge is 2.08. The van der Waals surface area contributed by atoms with Crippen LogP contribution in [0.1, 0.15) is 16.8 Å². The Bertz CT molecular complexity index is 1210. The summed E-state index contributed by atoms with van der Waals surface area (Å²) in [6, 6.07) is 17.0. The Kier molecular flexibility index (Phi) is 4.86. The van der Waals surface area contributed by atoms with Gasteiger partial charge in [0.15, 0.2) is 0 Å². The number of anilines is 2. The largest absolute Gasteiger partial charge is 0.399 e. The average molecular weight is 382 g/mol. The van der Waals surface area contributed by atoms with Crippen molar-refractivity contribution >= 4 is 11.6 Å². The summed E-state index contributed by atoms with van der Waals surface area (Å²) in [4.78, 5) is 8.85. The van der Waals surface area contributed by atoms with E-state index in [0.29, 0.717) is 23.7 Å². The van der Waals surface area contributed by atoms with Gasteiger partial charge in [0.05, 0.1) is 35.8 Å². The number of benzene rings is 2. The first-order chi connectivity index (χ1) is 14.1. The molecule has 0 aliphatic heterocycles. The molecule has 4 rings (SSSR count). The second kappa shape index (κ2) is 7.78. The van der Waals surface area contributed by atoms with Gasteiger partial charge in [0.1, 0.15) is 5.69 Å². The molecule has 8 nitrogen and oxygen atoms in total. The van der Waals surface area contributed by atoms with Gasteiger partial charge in [-0.2, -0.15) is 5.26 Å². The van der Waals surface area contributed by atoms with Gasteiger partial charge >= 0.3 is 0 Å². The molecule has 142 valence electrons. The van der Waals surface area contributed by atoms with Crippen LogP contribution < -0.4 is 11.1 Å². The van der Waals surface area contributed by atoms with Gasteiger partial charge < -0.3 is 11.1 Å². The third-order valence-corrected chi connectivity index (χ3v) is 4.39. The average Bonchev–Trinajstić information content (AvgIpc) is 3.21. The zero-order valence-corrected chi connectivity index (χ0v) is 15.7. The number of nitriles is 1. The van der Waals surface area contributed by atoms with Crippen molar-refractivity contribution < 1.29 is 0 Å². The summed E-state index contributed by atoms with van der Waals surface area (Å²) in [6.45, 7) is 2.39. The Hall–Kier alpha value is -4.25. The normalized spacial score (nSPS) is 10.5. The molecule has 2 aromatic carbocycles. The number of nitrogen functional groups attached to an aromatic ring is 1. The van der Waals surface area contributed by atoms with Gasteiger partial charge in [-0.1, -0.05) is 17.3 Å². The SMILES string of the molecule is Cc1cc(C#N)ccc1-c1ccnc(NCc2cn(-c3cccc(N)c3)nn2)n1. The van der Waals surface area contributed by atoms with Crippen molar-refractivity contribution in [2.75, 3.05) is 11.1 Å². The summed E-state index contributed by atoms with van der Waals surface area (Å²) in [5, 5.41) is 20.5. The topological polar surface area (TPSA) is 118 Å². The smallest absolute Gasteiger partial charge is 0.223 e. The molecule has 0 radical (unpaired) electrons. The van der Waals surface area contributed by atoms with Crippen LogP contribution in [0, 0.1) is 18.3 Å². The molecule has 2 heterocycles. The van der Waals surface area contributed by atoms with Gasteiger partial charge in [-0.05, 0) is 48.9 Å². The maximum atomic E-state index is 9.03.